The third-order valence-corrected chi connectivity index (χ3v) is 5.38. The molecule has 31 heavy (non-hydrogen) atoms. The number of benzene rings is 2. The van der Waals surface area contributed by atoms with Crippen LogP contribution < -0.4 is 14.2 Å². The van der Waals surface area contributed by atoms with Crippen molar-refractivity contribution in [3.05, 3.63) is 46.8 Å². The quantitative estimate of drug-likeness (QED) is 0.465. The molecule has 1 heterocycles. The first-order chi connectivity index (χ1) is 15.0. The van der Waals surface area contributed by atoms with Gasteiger partial charge in [-0.05, 0) is 44.2 Å². The van der Waals surface area contributed by atoms with Crippen LogP contribution in [0.2, 0.25) is 0 Å². The van der Waals surface area contributed by atoms with Crippen LogP contribution in [0.5, 0.6) is 17.2 Å². The van der Waals surface area contributed by atoms with Crippen LogP contribution in [-0.2, 0) is 11.3 Å². The van der Waals surface area contributed by atoms with Gasteiger partial charge >= 0.3 is 5.97 Å². The molecule has 0 saturated heterocycles. The van der Waals surface area contributed by atoms with Crippen molar-refractivity contribution in [1.82, 2.24) is 4.98 Å². The van der Waals surface area contributed by atoms with Gasteiger partial charge in [0.2, 0.25) is 0 Å². The number of hydrogen-bond acceptors (Lipinski definition) is 7. The summed E-state index contributed by atoms with van der Waals surface area (Å²) in [5.74, 6) is 0.578. The van der Waals surface area contributed by atoms with E-state index in [1.54, 1.807) is 13.2 Å². The van der Waals surface area contributed by atoms with Gasteiger partial charge in [0.25, 0.3) is 0 Å². The van der Waals surface area contributed by atoms with Crippen molar-refractivity contribution in [2.24, 2.45) is 0 Å². The maximum atomic E-state index is 11.8. The second-order valence-electron chi connectivity index (χ2n) is 6.52. The zero-order valence-electron chi connectivity index (χ0n) is 17.9. The van der Waals surface area contributed by atoms with Crippen LogP contribution in [0.15, 0.2) is 35.7 Å². The average Bonchev–Trinajstić information content (AvgIpc) is 3.25. The van der Waals surface area contributed by atoms with Crippen molar-refractivity contribution in [2.45, 2.75) is 20.5 Å². The fraction of sp³-hybridized carbons (Fsp3) is 0.304. The van der Waals surface area contributed by atoms with Gasteiger partial charge in [0.1, 0.15) is 16.3 Å². The van der Waals surface area contributed by atoms with Crippen molar-refractivity contribution < 1.29 is 28.8 Å². The topological polar surface area (TPSA) is 87.1 Å². The molecule has 0 amide bonds. The van der Waals surface area contributed by atoms with Gasteiger partial charge in [-0.2, -0.15) is 0 Å². The molecule has 0 aliphatic carbocycles. The number of rotatable bonds is 10. The van der Waals surface area contributed by atoms with Crippen LogP contribution in [0.4, 0.5) is 0 Å². The Morgan fingerprint density at radius 1 is 1.03 bits per heavy atom. The molecule has 0 radical (unpaired) electrons. The molecule has 0 spiro atoms. The highest BCUT2D eigenvalue weighted by Gasteiger charge is 2.19. The summed E-state index contributed by atoms with van der Waals surface area (Å²) in [6, 6.07) is 9.13. The van der Waals surface area contributed by atoms with Crippen molar-refractivity contribution in [1.29, 1.82) is 0 Å². The first-order valence-electron chi connectivity index (χ1n) is 9.81. The van der Waals surface area contributed by atoms with E-state index in [1.807, 2.05) is 43.5 Å². The van der Waals surface area contributed by atoms with Gasteiger partial charge < -0.3 is 24.1 Å². The Morgan fingerprint density at radius 3 is 2.42 bits per heavy atom. The average molecular weight is 444 g/mol. The van der Waals surface area contributed by atoms with E-state index in [2.05, 4.69) is 0 Å². The molecule has 0 saturated carbocycles. The molecule has 0 atom stereocenters. The molecule has 0 fully saturated rings. The Morgan fingerprint density at radius 2 is 1.77 bits per heavy atom. The molecular weight excluding hydrogens is 418 g/mol. The highest BCUT2D eigenvalue weighted by atomic mass is 32.1. The van der Waals surface area contributed by atoms with E-state index in [-0.39, 0.29) is 12.2 Å². The maximum absolute atomic E-state index is 11.8. The van der Waals surface area contributed by atoms with Gasteiger partial charge in [-0.1, -0.05) is 0 Å². The number of aromatic nitrogens is 1. The van der Waals surface area contributed by atoms with E-state index in [4.69, 9.17) is 23.9 Å². The van der Waals surface area contributed by atoms with Gasteiger partial charge in [-0.25, -0.2) is 9.78 Å². The summed E-state index contributed by atoms with van der Waals surface area (Å²) in [7, 11) is 3.00. The zero-order chi connectivity index (χ0) is 22.4. The third kappa shape index (κ3) is 4.98. The SMILES string of the molecule is CCOc1ccc(-c2nc(-c3cc(COC)c(OC)c(C(=O)O)c3)cs2)cc1OCC. The molecule has 0 aliphatic heterocycles. The van der Waals surface area contributed by atoms with Crippen molar-refractivity contribution in [2.75, 3.05) is 27.4 Å². The molecule has 3 rings (SSSR count). The third-order valence-electron chi connectivity index (χ3n) is 4.49. The molecule has 8 heteroatoms. The van der Waals surface area contributed by atoms with Crippen LogP contribution in [0.3, 0.4) is 0 Å². The van der Waals surface area contributed by atoms with Crippen LogP contribution >= 0.6 is 11.3 Å². The molecule has 164 valence electrons. The van der Waals surface area contributed by atoms with Crippen molar-refractivity contribution >= 4 is 17.3 Å². The number of methoxy groups -OCH3 is 2. The molecule has 1 aromatic heterocycles. The van der Waals surface area contributed by atoms with Crippen LogP contribution in [0, 0.1) is 0 Å². The van der Waals surface area contributed by atoms with E-state index in [0.717, 1.165) is 10.6 Å². The number of carboxylic acids is 1. The Hall–Kier alpha value is -3.10. The van der Waals surface area contributed by atoms with Gasteiger partial charge in [-0.3, -0.25) is 0 Å². The molecule has 0 bridgehead atoms. The highest BCUT2D eigenvalue weighted by molar-refractivity contribution is 7.13. The minimum atomic E-state index is -1.07. The van der Waals surface area contributed by atoms with E-state index >= 15 is 0 Å². The number of thiazole rings is 1. The summed E-state index contributed by atoms with van der Waals surface area (Å²) in [5.41, 5.74) is 2.97. The van der Waals surface area contributed by atoms with Gasteiger partial charge in [0.05, 0.1) is 32.6 Å². The molecule has 0 aliphatic rings. The summed E-state index contributed by atoms with van der Waals surface area (Å²) in [5, 5.41) is 12.3. The fourth-order valence-electron chi connectivity index (χ4n) is 3.22. The van der Waals surface area contributed by atoms with Gasteiger partial charge in [0, 0.05) is 29.2 Å². The second-order valence-corrected chi connectivity index (χ2v) is 7.38. The summed E-state index contributed by atoms with van der Waals surface area (Å²) >= 11 is 1.47. The Bertz CT molecular complexity index is 1060. The monoisotopic (exact) mass is 443 g/mol. The van der Waals surface area contributed by atoms with Gasteiger partial charge in [0.15, 0.2) is 11.5 Å². The maximum Gasteiger partial charge on any atom is 0.339 e. The lowest BCUT2D eigenvalue weighted by Crippen LogP contribution is -2.05. The number of carbonyl (C=O) groups is 1. The first kappa shape index (κ1) is 22.6. The van der Waals surface area contributed by atoms with Crippen LogP contribution in [-0.4, -0.2) is 43.5 Å². The second kappa shape index (κ2) is 10.3. The Labute approximate surface area is 185 Å². The van der Waals surface area contributed by atoms with Crippen molar-refractivity contribution in [3.63, 3.8) is 0 Å². The minimum Gasteiger partial charge on any atom is -0.495 e. The molecular formula is C23H25NO6S. The van der Waals surface area contributed by atoms with E-state index < -0.39 is 5.97 Å². The normalized spacial score (nSPS) is 10.7. The summed E-state index contributed by atoms with van der Waals surface area (Å²) in [6.45, 7) is 5.15. The lowest BCUT2D eigenvalue weighted by molar-refractivity contribution is 0.0692. The lowest BCUT2D eigenvalue weighted by atomic mass is 10.0. The first-order valence-corrected chi connectivity index (χ1v) is 10.7. The Kier molecular flexibility index (Phi) is 7.49. The van der Waals surface area contributed by atoms with Gasteiger partial charge in [-0.15, -0.1) is 11.3 Å². The largest absolute Gasteiger partial charge is 0.495 e. The van der Waals surface area contributed by atoms with Crippen molar-refractivity contribution in [3.8, 4) is 39.1 Å². The van der Waals surface area contributed by atoms with E-state index in [1.165, 1.54) is 18.4 Å². The molecule has 1 N–H and O–H groups in total. The Balaban J connectivity index is 2.02. The summed E-state index contributed by atoms with van der Waals surface area (Å²) in [6.07, 6.45) is 0. The van der Waals surface area contributed by atoms with E-state index in [0.29, 0.717) is 47.3 Å². The number of hydrogen-bond donors (Lipinski definition) is 1. The lowest BCUT2D eigenvalue weighted by Gasteiger charge is -2.13. The predicted molar refractivity (Wildman–Crippen MR) is 120 cm³/mol. The van der Waals surface area contributed by atoms with Crippen LogP contribution in [0.1, 0.15) is 29.8 Å². The van der Waals surface area contributed by atoms with E-state index in [9.17, 15) is 9.90 Å². The molecule has 2 aromatic carbocycles. The number of aromatic carboxylic acids is 1. The molecule has 7 nitrogen and oxygen atoms in total. The summed E-state index contributed by atoms with van der Waals surface area (Å²) in [4.78, 5) is 16.5. The predicted octanol–water partition coefficient (Wildman–Crippen LogP) is 5.13. The number of ether oxygens (including phenoxy) is 4. The zero-order valence-corrected chi connectivity index (χ0v) is 18.7. The highest BCUT2D eigenvalue weighted by Crippen LogP contribution is 2.37. The standard InChI is InChI=1S/C23H25NO6S/c1-5-29-19-8-7-14(11-20(19)30-6-2)22-24-18(13-31-22)15-9-16(12-27-3)21(28-4)17(10-15)23(25)26/h7-11,13H,5-6,12H2,1-4H3,(H,25,26). The van der Waals surface area contributed by atoms with Crippen LogP contribution in [0.25, 0.3) is 21.8 Å². The minimum absolute atomic E-state index is 0.0706. The fourth-order valence-corrected chi connectivity index (χ4v) is 4.05. The molecule has 0 unspecified atom stereocenters. The summed E-state index contributed by atoms with van der Waals surface area (Å²) < 4.78 is 21.9. The number of nitrogens with zero attached hydrogens (tertiary/aromatic N) is 1. The smallest absolute Gasteiger partial charge is 0.339 e. The number of carboxylic acid groups (broad SMARTS) is 1. The molecule has 3 aromatic rings.